The van der Waals surface area contributed by atoms with Crippen LogP contribution in [0.2, 0.25) is 0 Å². The molecular weight excluding hydrogens is 486 g/mol. The van der Waals surface area contributed by atoms with Crippen LogP contribution in [0.3, 0.4) is 0 Å². The molecule has 0 aliphatic rings. The minimum Gasteiger partial charge on any atom is -0.357 e. The van der Waals surface area contributed by atoms with Crippen molar-refractivity contribution in [3.63, 3.8) is 0 Å². The van der Waals surface area contributed by atoms with E-state index >= 15 is 0 Å². The van der Waals surface area contributed by atoms with Crippen LogP contribution in [-0.4, -0.2) is 51.3 Å². The van der Waals surface area contributed by atoms with Gasteiger partial charge in [-0.3, -0.25) is 13.9 Å². The van der Waals surface area contributed by atoms with Gasteiger partial charge in [-0.2, -0.15) is 0 Å². The van der Waals surface area contributed by atoms with Crippen molar-refractivity contribution in [1.29, 1.82) is 0 Å². The maximum absolute atomic E-state index is 13.9. The number of nitrogens with zero attached hydrogens (tertiary/aromatic N) is 2. The van der Waals surface area contributed by atoms with Gasteiger partial charge in [0.15, 0.2) is 0 Å². The normalized spacial score (nSPS) is 12.0. The van der Waals surface area contributed by atoms with Gasteiger partial charge in [0.1, 0.15) is 12.6 Å². The minimum atomic E-state index is -4.07. The molecule has 37 heavy (non-hydrogen) atoms. The van der Waals surface area contributed by atoms with Gasteiger partial charge in [0.2, 0.25) is 11.8 Å². The second-order valence-corrected chi connectivity index (χ2v) is 11.0. The van der Waals surface area contributed by atoms with Crippen LogP contribution in [0.15, 0.2) is 77.7 Å². The van der Waals surface area contributed by atoms with Crippen LogP contribution < -0.4 is 9.62 Å². The fraction of sp³-hybridized carbons (Fsp3) is 0.310. The maximum atomic E-state index is 13.9. The topological polar surface area (TPSA) is 86.8 Å². The molecule has 0 aliphatic heterocycles. The third kappa shape index (κ3) is 6.57. The summed E-state index contributed by atoms with van der Waals surface area (Å²) in [5.74, 6) is -0.773. The minimum absolute atomic E-state index is 0.0991. The van der Waals surface area contributed by atoms with E-state index in [0.717, 1.165) is 26.6 Å². The molecule has 1 N–H and O–H groups in total. The van der Waals surface area contributed by atoms with Gasteiger partial charge in [-0.25, -0.2) is 8.42 Å². The standard InChI is InChI=1S/C29H35N3O4S/c1-21-14-16-26(17-15-21)37(35,36)32(27-13-9-10-22(2)23(27)3)20-28(33)31(24(4)29(34)30-5)19-18-25-11-7-6-8-12-25/h6-17,24H,18-20H2,1-5H3,(H,30,34)/t24-/m0/s1. The molecule has 2 amide bonds. The summed E-state index contributed by atoms with van der Waals surface area (Å²) in [6.45, 7) is 7.11. The molecule has 0 heterocycles. The van der Waals surface area contributed by atoms with Crippen LogP contribution in [0.1, 0.15) is 29.2 Å². The summed E-state index contributed by atoms with van der Waals surface area (Å²) in [5, 5.41) is 2.60. The molecule has 0 radical (unpaired) electrons. The molecule has 7 nitrogen and oxygen atoms in total. The Bertz CT molecular complexity index is 1340. The Balaban J connectivity index is 2.02. The zero-order chi connectivity index (χ0) is 27.2. The van der Waals surface area contributed by atoms with E-state index in [0.29, 0.717) is 12.1 Å². The number of nitrogens with one attached hydrogen (secondary N) is 1. The van der Waals surface area contributed by atoms with Gasteiger partial charge in [0, 0.05) is 13.6 Å². The van der Waals surface area contributed by atoms with E-state index in [1.165, 1.54) is 11.9 Å². The number of likely N-dealkylation sites (N-methyl/N-ethyl adjacent to an activating group) is 1. The lowest BCUT2D eigenvalue weighted by Crippen LogP contribution is -2.51. The number of carbonyl (C=O) groups excluding carboxylic acids is 2. The third-order valence-corrected chi connectivity index (χ3v) is 8.40. The highest BCUT2D eigenvalue weighted by molar-refractivity contribution is 7.92. The predicted molar refractivity (Wildman–Crippen MR) is 147 cm³/mol. The van der Waals surface area contributed by atoms with Crippen molar-refractivity contribution < 1.29 is 18.0 Å². The number of sulfonamides is 1. The molecule has 0 saturated heterocycles. The van der Waals surface area contributed by atoms with Crippen molar-refractivity contribution >= 4 is 27.5 Å². The van der Waals surface area contributed by atoms with E-state index in [1.807, 2.05) is 57.2 Å². The van der Waals surface area contributed by atoms with Gasteiger partial charge in [-0.05, 0) is 69.0 Å². The molecule has 0 bridgehead atoms. The molecule has 3 aromatic rings. The lowest BCUT2D eigenvalue weighted by Gasteiger charge is -2.32. The highest BCUT2D eigenvalue weighted by Gasteiger charge is 2.32. The Labute approximate surface area is 220 Å². The Morgan fingerprint density at radius 1 is 0.892 bits per heavy atom. The SMILES string of the molecule is CNC(=O)[C@H](C)N(CCc1ccccc1)C(=O)CN(c1cccc(C)c1C)S(=O)(=O)c1ccc(C)cc1. The van der Waals surface area contributed by atoms with Crippen molar-refractivity contribution in [2.75, 3.05) is 24.4 Å². The number of rotatable bonds is 10. The van der Waals surface area contributed by atoms with Crippen molar-refractivity contribution in [3.8, 4) is 0 Å². The van der Waals surface area contributed by atoms with E-state index in [-0.39, 0.29) is 17.3 Å². The number of anilines is 1. The summed E-state index contributed by atoms with van der Waals surface area (Å²) in [6.07, 6.45) is 0.530. The molecule has 196 valence electrons. The molecule has 0 aromatic heterocycles. The zero-order valence-corrected chi connectivity index (χ0v) is 22.9. The van der Waals surface area contributed by atoms with E-state index in [4.69, 9.17) is 0 Å². The quantitative estimate of drug-likeness (QED) is 0.437. The molecule has 1 atom stereocenters. The Morgan fingerprint density at radius 3 is 2.16 bits per heavy atom. The lowest BCUT2D eigenvalue weighted by molar-refractivity contribution is -0.138. The fourth-order valence-corrected chi connectivity index (χ4v) is 5.61. The van der Waals surface area contributed by atoms with Crippen LogP contribution in [0, 0.1) is 20.8 Å². The van der Waals surface area contributed by atoms with E-state index < -0.39 is 28.5 Å². The highest BCUT2D eigenvalue weighted by atomic mass is 32.2. The van der Waals surface area contributed by atoms with Gasteiger partial charge in [0.25, 0.3) is 10.0 Å². The Kier molecular flexibility index (Phi) is 9.10. The first kappa shape index (κ1) is 27.9. The van der Waals surface area contributed by atoms with Gasteiger partial charge in [-0.1, -0.05) is 60.2 Å². The summed E-state index contributed by atoms with van der Waals surface area (Å²) in [4.78, 5) is 27.9. The number of amides is 2. The summed E-state index contributed by atoms with van der Waals surface area (Å²) in [7, 11) is -2.56. The van der Waals surface area contributed by atoms with E-state index in [2.05, 4.69) is 5.32 Å². The molecule has 3 aromatic carbocycles. The zero-order valence-electron chi connectivity index (χ0n) is 22.1. The third-order valence-electron chi connectivity index (χ3n) is 6.63. The molecule has 0 fully saturated rings. The fourth-order valence-electron chi connectivity index (χ4n) is 4.14. The van der Waals surface area contributed by atoms with Gasteiger partial charge < -0.3 is 10.2 Å². The van der Waals surface area contributed by atoms with Crippen LogP contribution in [0.25, 0.3) is 0 Å². The van der Waals surface area contributed by atoms with Crippen molar-refractivity contribution in [2.24, 2.45) is 0 Å². The number of hydrogen-bond acceptors (Lipinski definition) is 4. The van der Waals surface area contributed by atoms with Gasteiger partial charge >= 0.3 is 0 Å². The van der Waals surface area contributed by atoms with Crippen LogP contribution in [0.4, 0.5) is 5.69 Å². The number of aryl methyl sites for hydroxylation is 2. The molecular formula is C29H35N3O4S. The average molecular weight is 522 g/mol. The average Bonchev–Trinajstić information content (AvgIpc) is 2.89. The molecule has 0 saturated carbocycles. The number of hydrogen-bond donors (Lipinski definition) is 1. The Morgan fingerprint density at radius 2 is 1.54 bits per heavy atom. The lowest BCUT2D eigenvalue weighted by atomic mass is 10.1. The van der Waals surface area contributed by atoms with Crippen molar-refractivity contribution in [3.05, 3.63) is 95.1 Å². The predicted octanol–water partition coefficient (Wildman–Crippen LogP) is 4.01. The molecule has 8 heteroatoms. The Hall–Kier alpha value is -3.65. The second kappa shape index (κ2) is 12.1. The van der Waals surface area contributed by atoms with Gasteiger partial charge in [0.05, 0.1) is 10.6 Å². The summed E-state index contributed by atoms with van der Waals surface area (Å²) >= 11 is 0. The van der Waals surface area contributed by atoms with Gasteiger partial charge in [-0.15, -0.1) is 0 Å². The summed E-state index contributed by atoms with van der Waals surface area (Å²) in [5.41, 5.74) is 4.06. The maximum Gasteiger partial charge on any atom is 0.264 e. The van der Waals surface area contributed by atoms with Crippen LogP contribution >= 0.6 is 0 Å². The molecule has 3 rings (SSSR count). The summed E-state index contributed by atoms with van der Waals surface area (Å²) in [6, 6.07) is 20.8. The smallest absolute Gasteiger partial charge is 0.264 e. The first-order valence-corrected chi connectivity index (χ1v) is 13.7. The highest BCUT2D eigenvalue weighted by Crippen LogP contribution is 2.29. The number of carbonyl (C=O) groups is 2. The van der Waals surface area contributed by atoms with Crippen molar-refractivity contribution in [2.45, 2.75) is 45.1 Å². The molecule has 0 spiro atoms. The first-order chi connectivity index (χ1) is 17.6. The largest absolute Gasteiger partial charge is 0.357 e. The van der Waals surface area contributed by atoms with E-state index in [9.17, 15) is 18.0 Å². The van der Waals surface area contributed by atoms with Crippen LogP contribution in [0.5, 0.6) is 0 Å². The number of benzene rings is 3. The second-order valence-electron chi connectivity index (χ2n) is 9.16. The molecule has 0 aliphatic carbocycles. The first-order valence-electron chi connectivity index (χ1n) is 12.3. The molecule has 0 unspecified atom stereocenters. The van der Waals surface area contributed by atoms with Crippen molar-refractivity contribution in [1.82, 2.24) is 10.2 Å². The summed E-state index contributed by atoms with van der Waals surface area (Å²) < 4.78 is 28.9. The monoisotopic (exact) mass is 521 g/mol. The van der Waals surface area contributed by atoms with Crippen LogP contribution in [-0.2, 0) is 26.0 Å². The van der Waals surface area contributed by atoms with E-state index in [1.54, 1.807) is 43.3 Å².